The van der Waals surface area contributed by atoms with E-state index in [0.717, 1.165) is 17.7 Å². The molecule has 0 saturated heterocycles. The minimum Gasteiger partial charge on any atom is -0.768 e. The summed E-state index contributed by atoms with van der Waals surface area (Å²) in [7, 11) is 0. The zero-order valence-electron chi connectivity index (χ0n) is 23.4. The van der Waals surface area contributed by atoms with Crippen LogP contribution in [0.5, 0.6) is 17.2 Å². The van der Waals surface area contributed by atoms with Crippen molar-refractivity contribution in [1.82, 2.24) is 9.97 Å². The normalized spacial score (nSPS) is 11.9. The third kappa shape index (κ3) is 9.66. The molecule has 14 heteroatoms. The fourth-order valence-corrected chi connectivity index (χ4v) is 4.40. The molecule has 0 saturated carbocycles. The van der Waals surface area contributed by atoms with Gasteiger partial charge in [0.15, 0.2) is 17.4 Å². The van der Waals surface area contributed by atoms with Crippen LogP contribution in [0, 0.1) is 18.6 Å². The van der Waals surface area contributed by atoms with Gasteiger partial charge in [0.1, 0.15) is 17.1 Å². The number of aryl methyl sites for hydroxylation is 1. The summed E-state index contributed by atoms with van der Waals surface area (Å²) in [4.78, 5) is 19.3. The van der Waals surface area contributed by atoms with Crippen LogP contribution >= 0.6 is 0 Å². The lowest BCUT2D eigenvalue weighted by Crippen LogP contribution is -2.15. The zero-order valence-corrected chi connectivity index (χ0v) is 24.2. The number of hydrogen-bond acceptors (Lipinski definition) is 7. The number of aromatic amines is 1. The smallest absolute Gasteiger partial charge is 0.522 e. The summed E-state index contributed by atoms with van der Waals surface area (Å²) in [6.07, 6.45) is -2.60. The van der Waals surface area contributed by atoms with E-state index < -0.39 is 47.4 Å². The van der Waals surface area contributed by atoms with Crippen LogP contribution in [0.4, 0.5) is 22.0 Å². The monoisotopic (exact) mass is 647 g/mol. The van der Waals surface area contributed by atoms with Crippen LogP contribution in [0.25, 0.3) is 11.0 Å². The van der Waals surface area contributed by atoms with Gasteiger partial charge < -0.3 is 19.0 Å². The van der Waals surface area contributed by atoms with Gasteiger partial charge in [-0.3, -0.25) is 13.7 Å². The summed E-state index contributed by atoms with van der Waals surface area (Å²) >= 11 is -2.09. The van der Waals surface area contributed by atoms with E-state index in [9.17, 15) is 35.5 Å². The number of rotatable bonds is 9. The number of ether oxygens (including phenoxy) is 3. The first kappa shape index (κ1) is 33.2. The number of pyridine rings is 1. The van der Waals surface area contributed by atoms with Crippen LogP contribution < -0.4 is 9.47 Å². The molecule has 0 radical (unpaired) electrons. The van der Waals surface area contributed by atoms with E-state index in [1.54, 1.807) is 54.6 Å². The highest BCUT2D eigenvalue weighted by Gasteiger charge is 2.29. The second kappa shape index (κ2) is 14.9. The summed E-state index contributed by atoms with van der Waals surface area (Å²) in [6, 6.07) is 18.1. The number of esters is 1. The third-order valence-corrected chi connectivity index (χ3v) is 6.72. The van der Waals surface area contributed by atoms with Gasteiger partial charge in [-0.2, -0.15) is 0 Å². The standard InChI is InChI=1S/C24H17F5N2O4.C7H8O2S/c25-17-10-14(12-20(32)34-16-4-2-1-3-5-16)11-18(26)22(17)35-19-6-8-30-23-21(19)15(13-31-23)7-9-33-24(27,28)29;1-6-2-4-7(5-3-6)10(8)9/h1-6,8,10-11,13H,7,9,12H2,(H,30,31);2-5H,1H3,(H,8,9)/p-1. The third-order valence-electron chi connectivity index (χ3n) is 6.06. The molecule has 8 nitrogen and oxygen atoms in total. The van der Waals surface area contributed by atoms with Gasteiger partial charge in [0.05, 0.1) is 18.4 Å². The molecule has 0 aliphatic carbocycles. The molecule has 0 aliphatic rings. The molecule has 0 aliphatic heterocycles. The van der Waals surface area contributed by atoms with Gasteiger partial charge in [-0.25, -0.2) is 13.8 Å². The SMILES string of the molecule is Cc1ccc(S(=O)[O-])cc1.O=C(Cc1cc(F)c(Oc2ccnc3[nH]cc(CCOC(F)(F)F)c23)c(F)c1)Oc1ccccc1. The van der Waals surface area contributed by atoms with Crippen molar-refractivity contribution in [3.05, 3.63) is 114 Å². The maximum absolute atomic E-state index is 14.7. The van der Waals surface area contributed by atoms with Crippen molar-refractivity contribution >= 4 is 28.1 Å². The average molecular weight is 648 g/mol. The van der Waals surface area contributed by atoms with Crippen LogP contribution in [0.2, 0.25) is 0 Å². The number of benzene rings is 3. The van der Waals surface area contributed by atoms with Crippen LogP contribution in [0.15, 0.2) is 90.1 Å². The molecule has 0 amide bonds. The summed E-state index contributed by atoms with van der Waals surface area (Å²) in [5.74, 6) is -3.32. The molecule has 0 bridgehead atoms. The van der Waals surface area contributed by atoms with Crippen LogP contribution in [0.1, 0.15) is 16.7 Å². The van der Waals surface area contributed by atoms with Crippen molar-refractivity contribution in [2.45, 2.75) is 31.0 Å². The number of nitrogens with one attached hydrogen (secondary N) is 1. The van der Waals surface area contributed by atoms with Gasteiger partial charge in [-0.1, -0.05) is 35.9 Å². The van der Waals surface area contributed by atoms with E-state index in [1.807, 2.05) is 6.92 Å². The minimum absolute atomic E-state index is 0.0210. The minimum atomic E-state index is -4.79. The largest absolute Gasteiger partial charge is 0.768 e. The van der Waals surface area contributed by atoms with E-state index in [1.165, 1.54) is 18.5 Å². The van der Waals surface area contributed by atoms with Crippen molar-refractivity contribution in [3.63, 3.8) is 0 Å². The maximum atomic E-state index is 14.7. The Morgan fingerprint density at radius 2 is 1.67 bits per heavy atom. The number of nitrogens with zero attached hydrogens (tertiary/aromatic N) is 1. The second-order valence-electron chi connectivity index (χ2n) is 9.39. The Hall–Kier alpha value is -4.66. The van der Waals surface area contributed by atoms with E-state index >= 15 is 0 Å². The molecule has 2 heterocycles. The number of aromatic nitrogens is 2. The average Bonchev–Trinajstić information content (AvgIpc) is 3.39. The fourth-order valence-electron chi connectivity index (χ4n) is 4.04. The Labute approximate surface area is 256 Å². The first-order valence-corrected chi connectivity index (χ1v) is 14.2. The predicted molar refractivity (Wildman–Crippen MR) is 152 cm³/mol. The highest BCUT2D eigenvalue weighted by molar-refractivity contribution is 7.79. The van der Waals surface area contributed by atoms with E-state index in [-0.39, 0.29) is 35.2 Å². The fraction of sp³-hybridized carbons (Fsp3) is 0.161. The number of H-pyrrole nitrogens is 1. The molecule has 5 aromatic rings. The van der Waals surface area contributed by atoms with Gasteiger partial charge in [-0.15, -0.1) is 13.2 Å². The molecule has 2 aromatic heterocycles. The summed E-state index contributed by atoms with van der Waals surface area (Å²) in [6.45, 7) is 1.25. The Morgan fingerprint density at radius 3 is 2.29 bits per heavy atom. The number of carbonyl (C=O) groups is 1. The Balaban J connectivity index is 0.000000392. The van der Waals surface area contributed by atoms with Gasteiger partial charge in [-0.05, 0) is 78.0 Å². The Bertz CT molecular complexity index is 1760. The van der Waals surface area contributed by atoms with Gasteiger partial charge in [0.2, 0.25) is 0 Å². The van der Waals surface area contributed by atoms with Gasteiger partial charge in [0.25, 0.3) is 0 Å². The first-order chi connectivity index (χ1) is 21.4. The Kier molecular flexibility index (Phi) is 11.0. The van der Waals surface area contributed by atoms with Crippen molar-refractivity contribution in [3.8, 4) is 17.2 Å². The molecule has 3 aromatic carbocycles. The molecule has 1 unspecified atom stereocenters. The molecule has 1 atom stereocenters. The van der Waals surface area contributed by atoms with E-state index in [2.05, 4.69) is 14.7 Å². The van der Waals surface area contributed by atoms with Crippen molar-refractivity contribution in [2.24, 2.45) is 0 Å². The van der Waals surface area contributed by atoms with E-state index in [0.29, 0.717) is 16.2 Å². The van der Waals surface area contributed by atoms with Crippen molar-refractivity contribution in [1.29, 1.82) is 0 Å². The summed E-state index contributed by atoms with van der Waals surface area (Å²) in [5.41, 5.74) is 1.70. The van der Waals surface area contributed by atoms with Gasteiger partial charge >= 0.3 is 12.3 Å². The predicted octanol–water partition coefficient (Wildman–Crippen LogP) is 7.09. The molecule has 1 N–H and O–H groups in total. The highest BCUT2D eigenvalue weighted by Crippen LogP contribution is 2.35. The lowest BCUT2D eigenvalue weighted by molar-refractivity contribution is -0.324. The van der Waals surface area contributed by atoms with Crippen LogP contribution in [-0.2, 0) is 33.5 Å². The number of alkyl halides is 3. The molecule has 5 rings (SSSR count). The van der Waals surface area contributed by atoms with Crippen molar-refractivity contribution in [2.75, 3.05) is 6.61 Å². The van der Waals surface area contributed by atoms with Crippen LogP contribution in [-0.4, -0.2) is 37.7 Å². The Morgan fingerprint density at radius 1 is 1.00 bits per heavy atom. The molecular weight excluding hydrogens is 623 g/mol. The topological polar surface area (TPSA) is 114 Å². The molecular formula is C31H24F5N2O6S-. The lowest BCUT2D eigenvalue weighted by Gasteiger charge is -2.12. The summed E-state index contributed by atoms with van der Waals surface area (Å²) < 4.78 is 101. The van der Waals surface area contributed by atoms with Gasteiger partial charge in [0, 0.05) is 17.3 Å². The first-order valence-electron chi connectivity index (χ1n) is 13.1. The second-order valence-corrected chi connectivity index (χ2v) is 10.3. The number of carbonyl (C=O) groups excluding carboxylic acids is 1. The molecule has 236 valence electrons. The number of halogens is 5. The van der Waals surface area contributed by atoms with E-state index in [4.69, 9.17) is 9.47 Å². The molecule has 0 spiro atoms. The molecule has 45 heavy (non-hydrogen) atoms. The maximum Gasteiger partial charge on any atom is 0.522 e. The summed E-state index contributed by atoms with van der Waals surface area (Å²) in [5, 5.41) is 0.257. The number of para-hydroxylation sites is 1. The van der Waals surface area contributed by atoms with Crippen LogP contribution in [0.3, 0.4) is 0 Å². The van der Waals surface area contributed by atoms with Crippen molar-refractivity contribution < 1.29 is 49.7 Å². The molecule has 0 fully saturated rings. The quantitative estimate of drug-likeness (QED) is 0.0786. The zero-order chi connectivity index (χ0) is 32.6. The number of fused-ring (bicyclic) bond motifs is 1. The lowest BCUT2D eigenvalue weighted by atomic mass is 10.1. The highest BCUT2D eigenvalue weighted by atomic mass is 32.2. The number of hydrogen-bond donors (Lipinski definition) is 1.